The van der Waals surface area contributed by atoms with Gasteiger partial charge in [-0.2, -0.15) is 0 Å². The number of benzene rings is 1. The number of ether oxygens (including phenoxy) is 1. The van der Waals surface area contributed by atoms with Gasteiger partial charge in [0.25, 0.3) is 0 Å². The first-order valence-corrected chi connectivity index (χ1v) is 10.9. The molecule has 0 heterocycles. The fourth-order valence-corrected chi connectivity index (χ4v) is 8.24. The summed E-state index contributed by atoms with van der Waals surface area (Å²) >= 11 is 0. The molecule has 2 aliphatic carbocycles. The minimum Gasteiger partial charge on any atom is -0.496 e. The molecule has 2 aliphatic rings. The van der Waals surface area contributed by atoms with Gasteiger partial charge in [0.2, 0.25) is 0 Å². The second-order valence-corrected chi connectivity index (χ2v) is 9.87. The van der Waals surface area contributed by atoms with Crippen molar-refractivity contribution in [2.24, 2.45) is 0 Å². The molecular formula is C20H31OP. The fourth-order valence-electron chi connectivity index (χ4n) is 4.41. The van der Waals surface area contributed by atoms with Crippen molar-refractivity contribution in [3.8, 4) is 5.75 Å². The zero-order valence-electron chi connectivity index (χ0n) is 14.1. The highest BCUT2D eigenvalue weighted by molar-refractivity contribution is 7.58. The molecule has 2 saturated carbocycles. The number of rotatable bonds is 5. The quantitative estimate of drug-likeness (QED) is 0.575. The lowest BCUT2D eigenvalue weighted by atomic mass is 9.99. The maximum Gasteiger partial charge on any atom is 0.122 e. The molecule has 1 nitrogen and oxygen atoms in total. The van der Waals surface area contributed by atoms with Crippen molar-refractivity contribution >= 4 is 7.92 Å². The number of methoxy groups -OCH3 is 1. The van der Waals surface area contributed by atoms with Gasteiger partial charge in [-0.1, -0.05) is 64.6 Å². The summed E-state index contributed by atoms with van der Waals surface area (Å²) in [5.74, 6) is 1.11. The molecule has 1 aromatic carbocycles. The van der Waals surface area contributed by atoms with E-state index in [0.29, 0.717) is 0 Å². The Hall–Kier alpha value is -0.550. The zero-order valence-corrected chi connectivity index (χ0v) is 15.0. The lowest BCUT2D eigenvalue weighted by Crippen LogP contribution is -2.21. The molecule has 0 unspecified atom stereocenters. The van der Waals surface area contributed by atoms with Gasteiger partial charge in [0.05, 0.1) is 7.11 Å². The molecule has 0 amide bonds. The van der Waals surface area contributed by atoms with Crippen molar-refractivity contribution in [1.82, 2.24) is 0 Å². The Balaban J connectivity index is 1.77. The molecule has 0 aromatic heterocycles. The molecule has 0 radical (unpaired) electrons. The van der Waals surface area contributed by atoms with Crippen LogP contribution in [-0.2, 0) is 6.16 Å². The van der Waals surface area contributed by atoms with Crippen molar-refractivity contribution < 1.29 is 4.74 Å². The first-order chi connectivity index (χ1) is 10.9. The van der Waals surface area contributed by atoms with E-state index in [9.17, 15) is 0 Å². The Morgan fingerprint density at radius 2 is 1.41 bits per heavy atom. The third-order valence-electron chi connectivity index (χ3n) is 5.63. The van der Waals surface area contributed by atoms with E-state index in [-0.39, 0.29) is 7.92 Å². The molecule has 3 rings (SSSR count). The molecule has 122 valence electrons. The summed E-state index contributed by atoms with van der Waals surface area (Å²) in [6.07, 6.45) is 16.1. The van der Waals surface area contributed by atoms with Crippen LogP contribution in [-0.4, -0.2) is 18.4 Å². The highest BCUT2D eigenvalue weighted by Gasteiger charge is 2.31. The predicted octanol–water partition coefficient (Wildman–Crippen LogP) is 6.34. The summed E-state index contributed by atoms with van der Waals surface area (Å²) < 4.78 is 5.63. The second-order valence-electron chi connectivity index (χ2n) is 7.07. The summed E-state index contributed by atoms with van der Waals surface area (Å²) in [5.41, 5.74) is 3.51. The van der Waals surface area contributed by atoms with Gasteiger partial charge in [0.15, 0.2) is 0 Å². The zero-order chi connectivity index (χ0) is 15.2. The van der Waals surface area contributed by atoms with Crippen LogP contribution in [0.2, 0.25) is 0 Å². The van der Waals surface area contributed by atoms with Gasteiger partial charge < -0.3 is 4.74 Å². The fraction of sp³-hybridized carbons (Fsp3) is 0.700. The minimum atomic E-state index is 0.125. The van der Waals surface area contributed by atoms with Crippen LogP contribution in [0, 0.1) is 0 Å². The van der Waals surface area contributed by atoms with Gasteiger partial charge in [-0.15, -0.1) is 0 Å². The normalized spacial score (nSPS) is 21.2. The summed E-state index contributed by atoms with van der Waals surface area (Å²) in [4.78, 5) is 0. The molecule has 2 heteroatoms. The average molecular weight is 318 g/mol. The van der Waals surface area contributed by atoms with Crippen molar-refractivity contribution in [1.29, 1.82) is 0 Å². The molecule has 1 aromatic rings. The van der Waals surface area contributed by atoms with E-state index in [1.165, 1.54) is 75.9 Å². The first-order valence-electron chi connectivity index (χ1n) is 9.26. The van der Waals surface area contributed by atoms with Gasteiger partial charge in [0.1, 0.15) is 5.75 Å². The van der Waals surface area contributed by atoms with E-state index in [1.54, 1.807) is 0 Å². The summed E-state index contributed by atoms with van der Waals surface area (Å²) in [5, 5.41) is 0. The van der Waals surface area contributed by atoms with Gasteiger partial charge in [-0.05, 0) is 54.8 Å². The second kappa shape index (κ2) is 8.34. The molecule has 0 saturated heterocycles. The van der Waals surface area contributed by atoms with Gasteiger partial charge in [-0.3, -0.25) is 0 Å². The Bertz CT molecular complexity index is 429. The molecule has 22 heavy (non-hydrogen) atoms. The number of para-hydroxylation sites is 1. The van der Waals surface area contributed by atoms with Crippen molar-refractivity contribution in [3.05, 3.63) is 29.8 Å². The van der Waals surface area contributed by atoms with Crippen molar-refractivity contribution in [3.63, 3.8) is 0 Å². The Morgan fingerprint density at radius 3 is 1.95 bits per heavy atom. The van der Waals surface area contributed by atoms with E-state index >= 15 is 0 Å². The molecule has 0 atom stereocenters. The maximum absolute atomic E-state index is 5.63. The Labute approximate surface area is 137 Å². The average Bonchev–Trinajstić information content (AvgIpc) is 2.61. The molecule has 0 bridgehead atoms. The molecular weight excluding hydrogens is 287 g/mol. The van der Waals surface area contributed by atoms with Crippen LogP contribution in [0.5, 0.6) is 5.75 Å². The van der Waals surface area contributed by atoms with Crippen LogP contribution < -0.4 is 4.74 Å². The van der Waals surface area contributed by atoms with E-state index < -0.39 is 0 Å². The number of hydrogen-bond donors (Lipinski definition) is 0. The van der Waals surface area contributed by atoms with Crippen LogP contribution in [0.1, 0.15) is 69.8 Å². The first kappa shape index (κ1) is 16.3. The summed E-state index contributed by atoms with van der Waals surface area (Å²) in [6, 6.07) is 8.74. The Morgan fingerprint density at radius 1 is 0.864 bits per heavy atom. The highest BCUT2D eigenvalue weighted by atomic mass is 31.1. The standard InChI is InChI=1S/C20H31OP/c1-21-20-15-9-8-10-17(20)16-22(18-11-4-2-5-12-18)19-13-6-3-7-14-19/h8-10,15,18-19H,2-7,11-14,16H2,1H3. The monoisotopic (exact) mass is 318 g/mol. The van der Waals surface area contributed by atoms with Gasteiger partial charge in [-0.25, -0.2) is 0 Å². The Kier molecular flexibility index (Phi) is 6.19. The van der Waals surface area contributed by atoms with Gasteiger partial charge in [0, 0.05) is 0 Å². The largest absolute Gasteiger partial charge is 0.496 e. The lowest BCUT2D eigenvalue weighted by molar-refractivity contribution is 0.411. The third kappa shape index (κ3) is 4.05. The smallest absolute Gasteiger partial charge is 0.122 e. The van der Waals surface area contributed by atoms with E-state index in [4.69, 9.17) is 4.74 Å². The van der Waals surface area contributed by atoms with Crippen LogP contribution in [0.15, 0.2) is 24.3 Å². The maximum atomic E-state index is 5.63. The lowest BCUT2D eigenvalue weighted by Gasteiger charge is -2.38. The number of hydrogen-bond acceptors (Lipinski definition) is 1. The minimum absolute atomic E-state index is 0.125. The SMILES string of the molecule is COc1ccccc1CP(C1CCCCC1)C1CCCCC1. The highest BCUT2D eigenvalue weighted by Crippen LogP contribution is 2.58. The topological polar surface area (TPSA) is 9.23 Å². The molecule has 0 N–H and O–H groups in total. The van der Waals surface area contributed by atoms with Crippen molar-refractivity contribution in [2.75, 3.05) is 7.11 Å². The van der Waals surface area contributed by atoms with E-state index in [0.717, 1.165) is 17.1 Å². The van der Waals surface area contributed by atoms with Crippen LogP contribution in [0.25, 0.3) is 0 Å². The van der Waals surface area contributed by atoms with E-state index in [1.807, 2.05) is 7.11 Å². The molecule has 0 aliphatic heterocycles. The van der Waals surface area contributed by atoms with Crippen LogP contribution in [0.3, 0.4) is 0 Å². The summed E-state index contributed by atoms with van der Waals surface area (Å²) in [6.45, 7) is 0. The molecule has 2 fully saturated rings. The van der Waals surface area contributed by atoms with Crippen LogP contribution >= 0.6 is 7.92 Å². The summed E-state index contributed by atoms with van der Waals surface area (Å²) in [7, 11) is 1.95. The van der Waals surface area contributed by atoms with Crippen molar-refractivity contribution in [2.45, 2.75) is 81.7 Å². The van der Waals surface area contributed by atoms with Crippen LogP contribution in [0.4, 0.5) is 0 Å². The predicted molar refractivity (Wildman–Crippen MR) is 97.4 cm³/mol. The van der Waals surface area contributed by atoms with Gasteiger partial charge >= 0.3 is 0 Å². The van der Waals surface area contributed by atoms with E-state index in [2.05, 4.69) is 24.3 Å². The third-order valence-corrected chi connectivity index (χ3v) is 9.25. The molecule has 0 spiro atoms.